The van der Waals surface area contributed by atoms with Crippen molar-refractivity contribution >= 4 is 23.2 Å². The van der Waals surface area contributed by atoms with Gasteiger partial charge in [0, 0.05) is 37.6 Å². The van der Waals surface area contributed by atoms with Crippen molar-refractivity contribution in [2.45, 2.75) is 6.92 Å². The van der Waals surface area contributed by atoms with Gasteiger partial charge in [-0.05, 0) is 49.9 Å². The summed E-state index contributed by atoms with van der Waals surface area (Å²) in [7, 11) is 2.12. The molecule has 148 valence electrons. The third-order valence-corrected chi connectivity index (χ3v) is 4.88. The highest BCUT2D eigenvalue weighted by Gasteiger charge is 2.16. The maximum atomic E-state index is 13.6. The van der Waals surface area contributed by atoms with Crippen LogP contribution in [0.1, 0.15) is 15.9 Å². The van der Waals surface area contributed by atoms with E-state index in [1.54, 1.807) is 6.07 Å². The van der Waals surface area contributed by atoms with Gasteiger partial charge in [-0.1, -0.05) is 12.1 Å². The van der Waals surface area contributed by atoms with Crippen LogP contribution in [0.3, 0.4) is 0 Å². The predicted octanol–water partition coefficient (Wildman–Crippen LogP) is 2.25. The molecular weight excluding hydrogens is 359 g/mol. The fraction of sp³-hybridized carbons (Fsp3) is 0.333. The minimum atomic E-state index is -0.615. The standard InChI is InChI=1S/C21H25FN4O2/c1-15-13-16(26-11-9-25(2)10-12-26)7-8-19(15)24-20(27)14-23-21(28)17-5-3-4-6-18(17)22/h3-8,13H,9-12,14H2,1-2H3,(H,23,28)(H,24,27). The van der Waals surface area contributed by atoms with Crippen LogP contribution in [0.5, 0.6) is 0 Å². The molecule has 0 atom stereocenters. The van der Waals surface area contributed by atoms with E-state index in [-0.39, 0.29) is 18.0 Å². The second-order valence-electron chi connectivity index (χ2n) is 7.00. The first kappa shape index (κ1) is 19.8. The lowest BCUT2D eigenvalue weighted by Gasteiger charge is -2.34. The Morgan fingerprint density at radius 3 is 2.46 bits per heavy atom. The Bertz CT molecular complexity index is 863. The van der Waals surface area contributed by atoms with Crippen LogP contribution in [0.4, 0.5) is 15.8 Å². The molecule has 2 amide bonds. The highest BCUT2D eigenvalue weighted by atomic mass is 19.1. The second kappa shape index (κ2) is 8.84. The largest absolute Gasteiger partial charge is 0.369 e. The van der Waals surface area contributed by atoms with Gasteiger partial charge in [0.25, 0.3) is 5.91 Å². The van der Waals surface area contributed by atoms with Gasteiger partial charge < -0.3 is 20.4 Å². The molecule has 2 aromatic rings. The molecule has 1 aliphatic heterocycles. The maximum absolute atomic E-state index is 13.6. The first-order valence-electron chi connectivity index (χ1n) is 9.31. The van der Waals surface area contributed by atoms with E-state index in [2.05, 4.69) is 33.5 Å². The average molecular weight is 384 g/mol. The van der Waals surface area contributed by atoms with Crippen LogP contribution in [-0.4, -0.2) is 56.5 Å². The number of amides is 2. The molecule has 28 heavy (non-hydrogen) atoms. The van der Waals surface area contributed by atoms with Gasteiger partial charge in [-0.15, -0.1) is 0 Å². The molecule has 1 saturated heterocycles. The van der Waals surface area contributed by atoms with E-state index < -0.39 is 11.7 Å². The Morgan fingerprint density at radius 1 is 1.07 bits per heavy atom. The van der Waals surface area contributed by atoms with E-state index in [4.69, 9.17) is 0 Å². The zero-order chi connectivity index (χ0) is 20.1. The number of nitrogens with zero attached hydrogens (tertiary/aromatic N) is 2. The summed E-state index contributed by atoms with van der Waals surface area (Å²) in [6.07, 6.45) is 0. The number of nitrogens with one attached hydrogen (secondary N) is 2. The normalized spacial score (nSPS) is 14.6. The average Bonchev–Trinajstić information content (AvgIpc) is 2.68. The van der Waals surface area contributed by atoms with Gasteiger partial charge in [0.1, 0.15) is 5.82 Å². The van der Waals surface area contributed by atoms with Crippen molar-refractivity contribution in [1.82, 2.24) is 10.2 Å². The molecule has 0 unspecified atom stereocenters. The Hall–Kier alpha value is -2.93. The molecule has 6 nitrogen and oxygen atoms in total. The number of aryl methyl sites for hydroxylation is 1. The molecule has 1 fully saturated rings. The summed E-state index contributed by atoms with van der Waals surface area (Å²) in [6, 6.07) is 11.6. The van der Waals surface area contributed by atoms with Crippen LogP contribution in [0.25, 0.3) is 0 Å². The predicted molar refractivity (Wildman–Crippen MR) is 108 cm³/mol. The van der Waals surface area contributed by atoms with E-state index in [1.807, 2.05) is 19.1 Å². The molecular formula is C21H25FN4O2. The molecule has 0 bridgehead atoms. The number of carbonyl (C=O) groups is 2. The number of benzene rings is 2. The lowest BCUT2D eigenvalue weighted by molar-refractivity contribution is -0.115. The summed E-state index contributed by atoms with van der Waals surface area (Å²) in [5, 5.41) is 5.24. The van der Waals surface area contributed by atoms with Crippen molar-refractivity contribution in [2.24, 2.45) is 0 Å². The number of piperazine rings is 1. The topological polar surface area (TPSA) is 64.7 Å². The molecule has 0 spiro atoms. The van der Waals surface area contributed by atoms with Crippen molar-refractivity contribution in [3.63, 3.8) is 0 Å². The summed E-state index contributed by atoms with van der Waals surface area (Å²) >= 11 is 0. The number of halogens is 1. The van der Waals surface area contributed by atoms with Crippen molar-refractivity contribution in [2.75, 3.05) is 50.0 Å². The van der Waals surface area contributed by atoms with Crippen molar-refractivity contribution in [3.8, 4) is 0 Å². The van der Waals surface area contributed by atoms with Gasteiger partial charge in [-0.2, -0.15) is 0 Å². The highest BCUT2D eigenvalue weighted by molar-refractivity contribution is 5.99. The Labute approximate surface area is 164 Å². The van der Waals surface area contributed by atoms with Crippen LogP contribution in [-0.2, 0) is 4.79 Å². The zero-order valence-electron chi connectivity index (χ0n) is 16.2. The number of rotatable bonds is 5. The lowest BCUT2D eigenvalue weighted by Crippen LogP contribution is -2.44. The summed E-state index contributed by atoms with van der Waals surface area (Å²) in [5.74, 6) is -1.59. The quantitative estimate of drug-likeness (QED) is 0.830. The van der Waals surface area contributed by atoms with E-state index >= 15 is 0 Å². The SMILES string of the molecule is Cc1cc(N2CCN(C)CC2)ccc1NC(=O)CNC(=O)c1ccccc1F. The molecule has 2 N–H and O–H groups in total. The molecule has 7 heteroatoms. The fourth-order valence-corrected chi connectivity index (χ4v) is 3.14. The molecule has 0 aromatic heterocycles. The maximum Gasteiger partial charge on any atom is 0.254 e. The highest BCUT2D eigenvalue weighted by Crippen LogP contribution is 2.23. The van der Waals surface area contributed by atoms with E-state index in [9.17, 15) is 14.0 Å². The lowest BCUT2D eigenvalue weighted by atomic mass is 10.1. The summed E-state index contributed by atoms with van der Waals surface area (Å²) in [6.45, 7) is 5.71. The van der Waals surface area contributed by atoms with Gasteiger partial charge in [0.05, 0.1) is 12.1 Å². The summed E-state index contributed by atoms with van der Waals surface area (Å²) < 4.78 is 13.6. The van der Waals surface area contributed by atoms with E-state index in [1.165, 1.54) is 18.2 Å². The third kappa shape index (κ3) is 4.86. The Morgan fingerprint density at radius 2 is 1.79 bits per heavy atom. The van der Waals surface area contributed by atoms with Gasteiger partial charge in [-0.25, -0.2) is 4.39 Å². The van der Waals surface area contributed by atoms with Crippen LogP contribution in [0, 0.1) is 12.7 Å². The number of carbonyl (C=O) groups excluding carboxylic acids is 2. The summed E-state index contributed by atoms with van der Waals surface area (Å²) in [5.41, 5.74) is 2.70. The van der Waals surface area contributed by atoms with Crippen molar-refractivity contribution in [3.05, 3.63) is 59.4 Å². The van der Waals surface area contributed by atoms with E-state index in [0.29, 0.717) is 5.69 Å². The number of hydrogen-bond acceptors (Lipinski definition) is 4. The molecule has 0 radical (unpaired) electrons. The minimum absolute atomic E-state index is 0.0805. The minimum Gasteiger partial charge on any atom is -0.369 e. The number of anilines is 2. The number of likely N-dealkylation sites (N-methyl/N-ethyl adjacent to an activating group) is 1. The summed E-state index contributed by atoms with van der Waals surface area (Å²) in [4.78, 5) is 28.8. The van der Waals surface area contributed by atoms with E-state index in [0.717, 1.165) is 37.4 Å². The monoisotopic (exact) mass is 384 g/mol. The first-order valence-corrected chi connectivity index (χ1v) is 9.31. The molecule has 0 saturated carbocycles. The molecule has 3 rings (SSSR count). The Kier molecular flexibility index (Phi) is 6.26. The second-order valence-corrected chi connectivity index (χ2v) is 7.00. The van der Waals surface area contributed by atoms with Crippen LogP contribution < -0.4 is 15.5 Å². The van der Waals surface area contributed by atoms with Gasteiger partial charge in [0.15, 0.2) is 0 Å². The van der Waals surface area contributed by atoms with Gasteiger partial charge in [-0.3, -0.25) is 9.59 Å². The van der Waals surface area contributed by atoms with Crippen LogP contribution in [0.15, 0.2) is 42.5 Å². The van der Waals surface area contributed by atoms with Gasteiger partial charge in [0.2, 0.25) is 5.91 Å². The molecule has 1 heterocycles. The number of hydrogen-bond donors (Lipinski definition) is 2. The van der Waals surface area contributed by atoms with Crippen molar-refractivity contribution < 1.29 is 14.0 Å². The first-order chi connectivity index (χ1) is 13.4. The molecule has 1 aliphatic rings. The van der Waals surface area contributed by atoms with Crippen LogP contribution >= 0.6 is 0 Å². The zero-order valence-corrected chi connectivity index (χ0v) is 16.2. The molecule has 0 aliphatic carbocycles. The molecule has 2 aromatic carbocycles. The van der Waals surface area contributed by atoms with Crippen molar-refractivity contribution in [1.29, 1.82) is 0 Å². The Balaban J connectivity index is 1.55. The third-order valence-electron chi connectivity index (χ3n) is 4.88. The fourth-order valence-electron chi connectivity index (χ4n) is 3.14. The smallest absolute Gasteiger partial charge is 0.254 e. The van der Waals surface area contributed by atoms with Gasteiger partial charge >= 0.3 is 0 Å². The van der Waals surface area contributed by atoms with Crippen LogP contribution in [0.2, 0.25) is 0 Å².